The third-order valence-electron chi connectivity index (χ3n) is 8.91. The number of fused-ring (bicyclic) bond motifs is 9. The molecule has 0 unspecified atom stereocenters. The molecule has 51 heavy (non-hydrogen) atoms. The minimum atomic E-state index is -0.691. The van der Waals surface area contributed by atoms with Gasteiger partial charge in [-0.2, -0.15) is 15.0 Å². The van der Waals surface area contributed by atoms with Crippen molar-refractivity contribution in [2.75, 3.05) is 0 Å². The molecule has 0 N–H and O–H groups in total. The average Bonchev–Trinajstić information content (AvgIpc) is 4.02. The minimum absolute atomic E-state index is 0.127. The SMILES string of the molecule is [2H]c1c([2H])c([2H])c2c(c1[2H])c1c([2H])c([2H])c([2H])c([2H])c1n2-c1nc(-c2cccc(-c3ccc4c(c3)sc3ccccc34)c2)nc(-n2c3c([2H])c([2H])c([2H])c([2H])c3c3c([2H])c([2H])c([2H])c([2H])c32)n1. The fourth-order valence-corrected chi connectivity index (χ4v) is 7.81. The Morgan fingerprint density at radius 1 is 0.412 bits per heavy atom. The predicted molar refractivity (Wildman–Crippen MR) is 212 cm³/mol. The van der Waals surface area contributed by atoms with E-state index in [0.29, 0.717) is 5.56 Å². The number of nitrogens with zero attached hydrogens (tertiary/aromatic N) is 5. The van der Waals surface area contributed by atoms with Gasteiger partial charge in [-0.1, -0.05) is 121 Å². The number of para-hydroxylation sites is 4. The summed E-state index contributed by atoms with van der Waals surface area (Å²) in [5, 5.41) is 1.18. The van der Waals surface area contributed by atoms with Crippen molar-refractivity contribution < 1.29 is 21.9 Å². The lowest BCUT2D eigenvalue weighted by Gasteiger charge is -2.13. The Hall–Kier alpha value is -6.63. The molecule has 0 saturated heterocycles. The molecule has 0 fully saturated rings. The molecular weight excluding hydrogens is 643 g/mol. The second-order valence-corrected chi connectivity index (χ2v) is 12.8. The molecule has 0 aliphatic rings. The van der Waals surface area contributed by atoms with E-state index in [1.165, 1.54) is 0 Å². The van der Waals surface area contributed by atoms with Crippen molar-refractivity contribution in [1.82, 2.24) is 24.1 Å². The van der Waals surface area contributed by atoms with Crippen LogP contribution in [-0.4, -0.2) is 24.1 Å². The fraction of sp³-hybridized carbons (Fsp3) is 0. The molecule has 4 heterocycles. The molecule has 0 amide bonds. The first kappa shape index (κ1) is 16.9. The monoisotopic (exact) mass is 685 g/mol. The van der Waals surface area contributed by atoms with Crippen LogP contribution in [0.15, 0.2) is 163 Å². The normalized spacial score (nSPS) is 16.3. The standard InChI is InChI=1S/C45H27N5S/c1-6-19-37-31(14-1)32-15-2-7-20-38(32)49(37)44-46-43(47-45(48-44)50-39-21-8-3-16-33(39)34-17-4-9-22-40(34)50)30-13-11-12-28(26-30)29-24-25-36-35-18-5-10-23-41(35)51-42(36)27-29/h1-27H/i1D,2D,3D,4D,6D,7D,8D,9D,14D,15D,16D,17D,19D,20D,21D,22D. The molecule has 0 bridgehead atoms. The van der Waals surface area contributed by atoms with Gasteiger partial charge in [-0.15, -0.1) is 11.3 Å². The smallest absolute Gasteiger partial charge is 0.240 e. The molecule has 11 aromatic rings. The van der Waals surface area contributed by atoms with E-state index in [4.69, 9.17) is 36.9 Å². The van der Waals surface area contributed by atoms with Gasteiger partial charge in [-0.3, -0.25) is 9.13 Å². The lowest BCUT2D eigenvalue weighted by atomic mass is 10.0. The maximum Gasteiger partial charge on any atom is 0.240 e. The van der Waals surface area contributed by atoms with Crippen LogP contribution in [0.1, 0.15) is 21.9 Å². The van der Waals surface area contributed by atoms with Crippen LogP contribution in [0.4, 0.5) is 0 Å². The van der Waals surface area contributed by atoms with Crippen LogP contribution in [0.25, 0.3) is 98.2 Å². The summed E-state index contributed by atoms with van der Waals surface area (Å²) in [7, 11) is 0. The highest BCUT2D eigenvalue weighted by molar-refractivity contribution is 7.25. The fourth-order valence-electron chi connectivity index (χ4n) is 6.67. The summed E-state index contributed by atoms with van der Waals surface area (Å²) >= 11 is 1.64. The number of aromatic nitrogens is 5. The van der Waals surface area contributed by atoms with Gasteiger partial charge in [0.1, 0.15) is 0 Å². The van der Waals surface area contributed by atoms with Crippen molar-refractivity contribution in [1.29, 1.82) is 0 Å². The number of thiophene rings is 1. The van der Waals surface area contributed by atoms with Crippen LogP contribution >= 0.6 is 11.3 Å². The second kappa shape index (κ2) is 10.9. The summed E-state index contributed by atoms with van der Waals surface area (Å²) in [5.74, 6) is -1.04. The Kier molecular flexibility index (Phi) is 3.61. The Labute approximate surface area is 318 Å². The molecule has 0 spiro atoms. The summed E-state index contributed by atoms with van der Waals surface area (Å²) in [4.78, 5) is 14.4. The molecule has 0 saturated carbocycles. The van der Waals surface area contributed by atoms with Gasteiger partial charge >= 0.3 is 0 Å². The van der Waals surface area contributed by atoms with Crippen molar-refractivity contribution in [3.8, 4) is 34.4 Å². The third-order valence-corrected chi connectivity index (χ3v) is 10.0. The number of hydrogen-bond acceptors (Lipinski definition) is 4. The molecule has 11 rings (SSSR count). The first-order valence-electron chi connectivity index (χ1n) is 23.7. The largest absolute Gasteiger partial charge is 0.278 e. The zero-order valence-corrected chi connectivity index (χ0v) is 26.8. The summed E-state index contributed by atoms with van der Waals surface area (Å²) in [6.07, 6.45) is 0. The maximum absolute atomic E-state index is 9.16. The van der Waals surface area contributed by atoms with E-state index < -0.39 is 109 Å². The lowest BCUT2D eigenvalue weighted by molar-refractivity contribution is 0.893. The summed E-state index contributed by atoms with van der Waals surface area (Å²) in [6.45, 7) is 0. The molecule has 0 aliphatic heterocycles. The topological polar surface area (TPSA) is 48.5 Å². The van der Waals surface area contributed by atoms with E-state index >= 15 is 0 Å². The molecule has 0 atom stereocenters. The van der Waals surface area contributed by atoms with Crippen molar-refractivity contribution in [3.05, 3.63) is 163 Å². The molecule has 238 valence electrons. The minimum Gasteiger partial charge on any atom is -0.278 e. The Morgan fingerprint density at radius 3 is 1.49 bits per heavy atom. The van der Waals surface area contributed by atoms with Gasteiger partial charge in [0.25, 0.3) is 0 Å². The van der Waals surface area contributed by atoms with Crippen LogP contribution < -0.4 is 0 Å². The van der Waals surface area contributed by atoms with Crippen LogP contribution in [0.3, 0.4) is 0 Å². The first-order valence-corrected chi connectivity index (χ1v) is 16.5. The van der Waals surface area contributed by atoms with Crippen molar-refractivity contribution >= 4 is 75.1 Å². The zero-order valence-electron chi connectivity index (χ0n) is 42.0. The molecule has 0 aliphatic carbocycles. The average molecular weight is 686 g/mol. The second-order valence-electron chi connectivity index (χ2n) is 11.7. The summed E-state index contributed by atoms with van der Waals surface area (Å²) in [5.41, 5.74) is 0.646. The van der Waals surface area contributed by atoms with Crippen LogP contribution in [0, 0.1) is 0 Å². The Bertz CT molecular complexity index is 3750. The van der Waals surface area contributed by atoms with Crippen LogP contribution in [-0.2, 0) is 0 Å². The summed E-state index contributed by atoms with van der Waals surface area (Å²) < 4.78 is 146. The molecular formula is C45H27N5S. The molecule has 0 radical (unpaired) electrons. The molecule has 4 aromatic heterocycles. The van der Waals surface area contributed by atoms with Crippen LogP contribution in [0.2, 0.25) is 0 Å². The lowest BCUT2D eigenvalue weighted by Crippen LogP contribution is -2.10. The van der Waals surface area contributed by atoms with Gasteiger partial charge in [0.15, 0.2) is 5.82 Å². The van der Waals surface area contributed by atoms with E-state index in [9.17, 15) is 0 Å². The van der Waals surface area contributed by atoms with Crippen molar-refractivity contribution in [3.63, 3.8) is 0 Å². The van der Waals surface area contributed by atoms with Gasteiger partial charge in [-0.05, 0) is 53.5 Å². The highest BCUT2D eigenvalue weighted by Gasteiger charge is 2.20. The van der Waals surface area contributed by atoms with Crippen molar-refractivity contribution in [2.24, 2.45) is 0 Å². The molecule has 6 heteroatoms. The third kappa shape index (κ3) is 4.30. The Balaban J connectivity index is 1.30. The number of rotatable bonds is 4. The summed E-state index contributed by atoms with van der Waals surface area (Å²) in [6, 6.07) is 10.9. The van der Waals surface area contributed by atoms with E-state index in [1.54, 1.807) is 29.5 Å². The first-order chi connectivity index (χ1) is 31.9. The highest BCUT2D eigenvalue weighted by atomic mass is 32.1. The van der Waals surface area contributed by atoms with Crippen LogP contribution in [0.5, 0.6) is 0 Å². The van der Waals surface area contributed by atoms with Gasteiger partial charge in [0.2, 0.25) is 11.9 Å². The van der Waals surface area contributed by atoms with Gasteiger partial charge < -0.3 is 0 Å². The Morgan fingerprint density at radius 2 is 0.902 bits per heavy atom. The quantitative estimate of drug-likeness (QED) is 0.185. The number of benzene rings is 7. The predicted octanol–water partition coefficient (Wildman–Crippen LogP) is 11.8. The zero-order chi connectivity index (χ0) is 47.4. The van der Waals surface area contributed by atoms with E-state index in [0.717, 1.165) is 40.4 Å². The molecule has 7 aromatic carbocycles. The van der Waals surface area contributed by atoms with Gasteiger partial charge in [-0.25, -0.2) is 0 Å². The maximum atomic E-state index is 9.16. The van der Waals surface area contributed by atoms with Gasteiger partial charge in [0, 0.05) is 47.3 Å². The number of hydrogen-bond donors (Lipinski definition) is 0. The van der Waals surface area contributed by atoms with Gasteiger partial charge in [0.05, 0.1) is 44.0 Å². The van der Waals surface area contributed by atoms with Crippen molar-refractivity contribution in [2.45, 2.75) is 0 Å². The van der Waals surface area contributed by atoms with E-state index in [2.05, 4.69) is 18.2 Å². The molecule has 5 nitrogen and oxygen atoms in total. The van der Waals surface area contributed by atoms with E-state index in [1.807, 2.05) is 30.3 Å². The van der Waals surface area contributed by atoms with E-state index in [-0.39, 0.29) is 49.4 Å². The highest BCUT2D eigenvalue weighted by Crippen LogP contribution is 2.38.